The molecule has 0 spiro atoms. The van der Waals surface area contributed by atoms with Gasteiger partial charge in [-0.3, -0.25) is 14.9 Å². The molecule has 2 aromatic rings. The number of carbonyl (C=O) groups is 4. The average Bonchev–Trinajstić information content (AvgIpc) is 3.11. The molecule has 3 N–H and O–H groups in total. The number of imidazole rings is 1. The summed E-state index contributed by atoms with van der Waals surface area (Å²) >= 11 is 1.25. The molecule has 154 valence electrons. The molecule has 2 rings (SSSR count). The van der Waals surface area contributed by atoms with Gasteiger partial charge in [0, 0.05) is 26.5 Å². The summed E-state index contributed by atoms with van der Waals surface area (Å²) in [6.07, 6.45) is 2.20. The third kappa shape index (κ3) is 6.35. The first-order chi connectivity index (χ1) is 13.8. The van der Waals surface area contributed by atoms with E-state index in [1.807, 2.05) is 12.4 Å². The van der Waals surface area contributed by atoms with Gasteiger partial charge in [0.15, 0.2) is 11.3 Å². The largest absolute Gasteiger partial charge is 0.449 e. The molecule has 0 aliphatic carbocycles. The maximum atomic E-state index is 12.4. The van der Waals surface area contributed by atoms with Crippen LogP contribution < -0.4 is 16.0 Å². The Hall–Kier alpha value is -3.34. The Morgan fingerprint density at radius 1 is 1.24 bits per heavy atom. The molecule has 1 aromatic carbocycles. The molecule has 0 aliphatic heterocycles. The van der Waals surface area contributed by atoms with Crippen LogP contribution in [0.4, 0.5) is 10.5 Å². The third-order valence-corrected chi connectivity index (χ3v) is 4.71. The normalized spacial score (nSPS) is 11.3. The molecule has 29 heavy (non-hydrogen) atoms. The molecule has 1 aromatic heterocycles. The topological polar surface area (TPSA) is 131 Å². The van der Waals surface area contributed by atoms with E-state index in [9.17, 15) is 19.2 Å². The van der Waals surface area contributed by atoms with Crippen LogP contribution in [0.2, 0.25) is 0 Å². The summed E-state index contributed by atoms with van der Waals surface area (Å²) in [4.78, 5) is 51.8. The van der Waals surface area contributed by atoms with Crippen molar-refractivity contribution >= 4 is 41.3 Å². The summed E-state index contributed by atoms with van der Waals surface area (Å²) in [6.45, 7) is 1.33. The monoisotopic (exact) mass is 419 g/mol. The zero-order valence-electron chi connectivity index (χ0n) is 16.1. The van der Waals surface area contributed by atoms with Crippen LogP contribution in [-0.2, 0) is 21.4 Å². The number of para-hydroxylation sites is 1. The van der Waals surface area contributed by atoms with Crippen molar-refractivity contribution in [2.45, 2.75) is 18.2 Å². The molecule has 0 saturated carbocycles. The molecule has 0 bridgehead atoms. The van der Waals surface area contributed by atoms with Crippen LogP contribution in [0.5, 0.6) is 0 Å². The zero-order valence-corrected chi connectivity index (χ0v) is 16.9. The van der Waals surface area contributed by atoms with Crippen LogP contribution in [0.1, 0.15) is 17.3 Å². The van der Waals surface area contributed by atoms with Crippen LogP contribution in [0.25, 0.3) is 0 Å². The van der Waals surface area contributed by atoms with E-state index in [4.69, 9.17) is 4.74 Å². The standard InChI is InChI=1S/C18H21N5O5S/c1-11(15(25)22-17(27)19-2)28-16(26)12-6-4-5-7-13(12)21-14(24)10-29-18-20-8-9-23(18)3/h4-9,11H,10H2,1-3H3,(H,21,24)(H2,19,22,25,27)/t11-/m0/s1. The number of anilines is 1. The number of benzene rings is 1. The molecule has 0 unspecified atom stereocenters. The van der Waals surface area contributed by atoms with E-state index in [0.717, 1.165) is 0 Å². The van der Waals surface area contributed by atoms with Crippen molar-refractivity contribution in [1.82, 2.24) is 20.2 Å². The molecule has 0 saturated heterocycles. The minimum absolute atomic E-state index is 0.0856. The Bertz CT molecular complexity index is 914. The van der Waals surface area contributed by atoms with Gasteiger partial charge in [-0.25, -0.2) is 14.6 Å². The molecule has 1 atom stereocenters. The van der Waals surface area contributed by atoms with Gasteiger partial charge in [-0.2, -0.15) is 0 Å². The molecular formula is C18H21N5O5S. The van der Waals surface area contributed by atoms with Gasteiger partial charge in [0.1, 0.15) is 0 Å². The van der Waals surface area contributed by atoms with Crippen molar-refractivity contribution in [3.05, 3.63) is 42.2 Å². The fourth-order valence-electron chi connectivity index (χ4n) is 2.13. The lowest BCUT2D eigenvalue weighted by molar-refractivity contribution is -0.127. The van der Waals surface area contributed by atoms with Gasteiger partial charge in [0.25, 0.3) is 5.91 Å². The van der Waals surface area contributed by atoms with Crippen molar-refractivity contribution in [3.63, 3.8) is 0 Å². The number of aryl methyl sites for hydroxylation is 1. The maximum Gasteiger partial charge on any atom is 0.341 e. The molecule has 1 heterocycles. The van der Waals surface area contributed by atoms with E-state index >= 15 is 0 Å². The van der Waals surface area contributed by atoms with Crippen LogP contribution in [0, 0.1) is 0 Å². The fourth-order valence-corrected chi connectivity index (χ4v) is 2.86. The molecule has 0 radical (unpaired) electrons. The summed E-state index contributed by atoms with van der Waals surface area (Å²) in [5.74, 6) is -1.81. The van der Waals surface area contributed by atoms with Gasteiger partial charge in [-0.1, -0.05) is 23.9 Å². The maximum absolute atomic E-state index is 12.4. The van der Waals surface area contributed by atoms with Crippen molar-refractivity contribution in [1.29, 1.82) is 0 Å². The third-order valence-electron chi connectivity index (χ3n) is 3.65. The van der Waals surface area contributed by atoms with E-state index in [1.54, 1.807) is 35.2 Å². The lowest BCUT2D eigenvalue weighted by Gasteiger charge is -2.15. The molecule has 4 amide bonds. The number of carbonyl (C=O) groups excluding carboxylic acids is 4. The van der Waals surface area contributed by atoms with E-state index in [2.05, 4.69) is 15.6 Å². The van der Waals surface area contributed by atoms with Crippen molar-refractivity contribution in [3.8, 4) is 0 Å². The molecule has 0 fully saturated rings. The molecule has 10 nitrogen and oxygen atoms in total. The first kappa shape index (κ1) is 22.0. The average molecular weight is 419 g/mol. The van der Waals surface area contributed by atoms with E-state index in [-0.39, 0.29) is 22.9 Å². The first-order valence-corrected chi connectivity index (χ1v) is 9.53. The highest BCUT2D eigenvalue weighted by molar-refractivity contribution is 7.99. The summed E-state index contributed by atoms with van der Waals surface area (Å²) in [7, 11) is 3.17. The lowest BCUT2D eigenvalue weighted by atomic mass is 10.1. The Morgan fingerprint density at radius 3 is 2.62 bits per heavy atom. The lowest BCUT2D eigenvalue weighted by Crippen LogP contribution is -2.43. The van der Waals surface area contributed by atoms with E-state index in [0.29, 0.717) is 5.16 Å². The Balaban J connectivity index is 1.99. The quantitative estimate of drug-likeness (QED) is 0.453. The Morgan fingerprint density at radius 2 is 1.97 bits per heavy atom. The number of hydrogen-bond acceptors (Lipinski definition) is 7. The number of aromatic nitrogens is 2. The smallest absolute Gasteiger partial charge is 0.341 e. The first-order valence-electron chi connectivity index (χ1n) is 8.54. The number of rotatable bonds is 7. The SMILES string of the molecule is CNC(=O)NC(=O)[C@H](C)OC(=O)c1ccccc1NC(=O)CSc1nccn1C. The second kappa shape index (κ2) is 10.3. The highest BCUT2D eigenvalue weighted by Crippen LogP contribution is 2.19. The fraction of sp³-hybridized carbons (Fsp3) is 0.278. The Kier molecular flexibility index (Phi) is 7.78. The van der Waals surface area contributed by atoms with Gasteiger partial charge < -0.3 is 19.9 Å². The van der Waals surface area contributed by atoms with Gasteiger partial charge in [-0.15, -0.1) is 0 Å². The summed E-state index contributed by atoms with van der Waals surface area (Å²) < 4.78 is 6.89. The minimum Gasteiger partial charge on any atom is -0.449 e. The van der Waals surface area contributed by atoms with E-state index in [1.165, 1.54) is 31.8 Å². The highest BCUT2D eigenvalue weighted by atomic mass is 32.2. The zero-order chi connectivity index (χ0) is 21.4. The predicted octanol–water partition coefficient (Wildman–Crippen LogP) is 1.15. The highest BCUT2D eigenvalue weighted by Gasteiger charge is 2.22. The van der Waals surface area contributed by atoms with Gasteiger partial charge >= 0.3 is 12.0 Å². The Labute approximate surface area is 171 Å². The van der Waals surface area contributed by atoms with Crippen molar-refractivity contribution in [2.75, 3.05) is 18.1 Å². The summed E-state index contributed by atoms with van der Waals surface area (Å²) in [5, 5.41) is 7.59. The van der Waals surface area contributed by atoms with Crippen LogP contribution in [-0.4, -0.2) is 52.3 Å². The number of ether oxygens (including phenoxy) is 1. The van der Waals surface area contributed by atoms with Gasteiger partial charge in [0.05, 0.1) is 17.0 Å². The number of nitrogens with one attached hydrogen (secondary N) is 3. The molecule has 11 heteroatoms. The summed E-state index contributed by atoms with van der Waals surface area (Å²) in [5.41, 5.74) is 0.337. The van der Waals surface area contributed by atoms with Crippen LogP contribution >= 0.6 is 11.8 Å². The van der Waals surface area contributed by atoms with Crippen molar-refractivity contribution in [2.24, 2.45) is 7.05 Å². The van der Waals surface area contributed by atoms with E-state index < -0.39 is 24.0 Å². The van der Waals surface area contributed by atoms with Crippen molar-refractivity contribution < 1.29 is 23.9 Å². The van der Waals surface area contributed by atoms with Gasteiger partial charge in [0.2, 0.25) is 5.91 Å². The number of hydrogen-bond donors (Lipinski definition) is 3. The molecule has 0 aliphatic rings. The van der Waals surface area contributed by atoms with Crippen LogP contribution in [0.15, 0.2) is 41.8 Å². The predicted molar refractivity (Wildman–Crippen MR) is 106 cm³/mol. The number of nitrogens with zero attached hydrogens (tertiary/aromatic N) is 2. The number of imide groups is 1. The second-order valence-corrected chi connectivity index (χ2v) is 6.76. The van der Waals surface area contributed by atoms with Crippen LogP contribution in [0.3, 0.4) is 0 Å². The number of esters is 1. The number of amides is 4. The van der Waals surface area contributed by atoms with Gasteiger partial charge in [-0.05, 0) is 19.1 Å². The second-order valence-electron chi connectivity index (χ2n) is 5.82. The minimum atomic E-state index is -1.21. The number of urea groups is 1. The molecular weight excluding hydrogens is 398 g/mol. The number of thioether (sulfide) groups is 1. The summed E-state index contributed by atoms with van der Waals surface area (Å²) in [6, 6.07) is 5.56.